The van der Waals surface area contributed by atoms with E-state index in [1.807, 2.05) is 26.0 Å². The van der Waals surface area contributed by atoms with Crippen LogP contribution in [-0.2, 0) is 0 Å². The lowest BCUT2D eigenvalue weighted by molar-refractivity contribution is -0.384. The van der Waals surface area contributed by atoms with Crippen LogP contribution in [0.15, 0.2) is 36.4 Å². The largest absolute Gasteiger partial charge is 0.289 e. The molecule has 0 radical (unpaired) electrons. The maximum absolute atomic E-state index is 12.5. The average molecular weight is 290 g/mol. The van der Waals surface area contributed by atoms with E-state index in [1.165, 1.54) is 18.2 Å². The van der Waals surface area contributed by atoms with Gasteiger partial charge in [0.05, 0.1) is 4.92 Å². The van der Waals surface area contributed by atoms with Gasteiger partial charge >= 0.3 is 0 Å². The number of halogens is 1. The highest BCUT2D eigenvalue weighted by Crippen LogP contribution is 2.30. The number of hydrogen-bond donors (Lipinski definition) is 0. The van der Waals surface area contributed by atoms with Crippen molar-refractivity contribution in [1.29, 1.82) is 0 Å². The van der Waals surface area contributed by atoms with Crippen molar-refractivity contribution < 1.29 is 9.72 Å². The summed E-state index contributed by atoms with van der Waals surface area (Å²) in [6.07, 6.45) is 0. The SMILES string of the molecule is Cc1ccc(C)c(C(=O)c2cccc([N+](=O)[O-])c2Cl)c1. The third-order valence-corrected chi connectivity index (χ3v) is 3.45. The van der Waals surface area contributed by atoms with Crippen molar-refractivity contribution in [2.75, 3.05) is 0 Å². The first-order valence-corrected chi connectivity index (χ1v) is 6.34. The molecule has 2 aromatic carbocycles. The molecular formula is C15H12ClNO3. The quantitative estimate of drug-likeness (QED) is 0.485. The second kappa shape index (κ2) is 5.43. The van der Waals surface area contributed by atoms with Crippen molar-refractivity contribution in [1.82, 2.24) is 0 Å². The third-order valence-electron chi connectivity index (χ3n) is 3.06. The minimum atomic E-state index is -0.595. The van der Waals surface area contributed by atoms with Crippen LogP contribution in [0.3, 0.4) is 0 Å². The van der Waals surface area contributed by atoms with Crippen molar-refractivity contribution in [3.63, 3.8) is 0 Å². The fourth-order valence-electron chi connectivity index (χ4n) is 1.96. The zero-order valence-electron chi connectivity index (χ0n) is 11.0. The second-order valence-electron chi connectivity index (χ2n) is 4.54. The molecule has 0 heterocycles. The topological polar surface area (TPSA) is 60.2 Å². The van der Waals surface area contributed by atoms with Gasteiger partial charge in [0.15, 0.2) is 5.78 Å². The predicted molar refractivity (Wildman–Crippen MR) is 77.5 cm³/mol. The predicted octanol–water partition coefficient (Wildman–Crippen LogP) is 4.10. The van der Waals surface area contributed by atoms with Gasteiger partial charge in [-0.15, -0.1) is 0 Å². The van der Waals surface area contributed by atoms with Crippen LogP contribution >= 0.6 is 11.6 Å². The normalized spacial score (nSPS) is 10.3. The van der Waals surface area contributed by atoms with E-state index in [1.54, 1.807) is 6.07 Å². The number of nitro groups is 1. The van der Waals surface area contributed by atoms with E-state index >= 15 is 0 Å². The number of nitrogens with zero attached hydrogens (tertiary/aromatic N) is 1. The maximum atomic E-state index is 12.5. The molecule has 0 unspecified atom stereocenters. The number of hydrogen-bond acceptors (Lipinski definition) is 3. The molecule has 20 heavy (non-hydrogen) atoms. The smallest absolute Gasteiger partial charge is 0.288 e. The van der Waals surface area contributed by atoms with E-state index < -0.39 is 4.92 Å². The molecule has 0 aromatic heterocycles. The molecule has 0 atom stereocenters. The zero-order valence-corrected chi connectivity index (χ0v) is 11.8. The number of benzene rings is 2. The van der Waals surface area contributed by atoms with Crippen molar-refractivity contribution in [2.24, 2.45) is 0 Å². The van der Waals surface area contributed by atoms with Gasteiger partial charge < -0.3 is 0 Å². The van der Waals surface area contributed by atoms with Gasteiger partial charge in [-0.25, -0.2) is 0 Å². The Morgan fingerprint density at radius 3 is 2.50 bits per heavy atom. The second-order valence-corrected chi connectivity index (χ2v) is 4.92. The molecule has 0 amide bonds. The first-order valence-electron chi connectivity index (χ1n) is 5.96. The highest BCUT2D eigenvalue weighted by Gasteiger charge is 2.21. The van der Waals surface area contributed by atoms with Crippen LogP contribution in [0.4, 0.5) is 5.69 Å². The van der Waals surface area contributed by atoms with E-state index in [-0.39, 0.29) is 22.1 Å². The lowest BCUT2D eigenvalue weighted by Gasteiger charge is -2.08. The van der Waals surface area contributed by atoms with E-state index in [9.17, 15) is 14.9 Å². The number of ketones is 1. The highest BCUT2D eigenvalue weighted by molar-refractivity contribution is 6.37. The van der Waals surface area contributed by atoms with E-state index in [4.69, 9.17) is 11.6 Å². The van der Waals surface area contributed by atoms with Crippen molar-refractivity contribution >= 4 is 23.1 Å². The number of aryl methyl sites for hydroxylation is 2. The van der Waals surface area contributed by atoms with Gasteiger partial charge in [-0.1, -0.05) is 35.4 Å². The summed E-state index contributed by atoms with van der Waals surface area (Å²) in [7, 11) is 0. The summed E-state index contributed by atoms with van der Waals surface area (Å²) < 4.78 is 0. The van der Waals surface area contributed by atoms with Crippen LogP contribution in [0.5, 0.6) is 0 Å². The van der Waals surface area contributed by atoms with Crippen LogP contribution in [0.25, 0.3) is 0 Å². The number of carbonyl (C=O) groups is 1. The van der Waals surface area contributed by atoms with Gasteiger partial charge in [-0.2, -0.15) is 0 Å². The van der Waals surface area contributed by atoms with E-state index in [2.05, 4.69) is 0 Å². The van der Waals surface area contributed by atoms with Gasteiger partial charge in [0.2, 0.25) is 0 Å². The average Bonchev–Trinajstić information content (AvgIpc) is 2.40. The van der Waals surface area contributed by atoms with Gasteiger partial charge in [0.1, 0.15) is 5.02 Å². The zero-order chi connectivity index (χ0) is 14.9. The summed E-state index contributed by atoms with van der Waals surface area (Å²) >= 11 is 5.98. The molecule has 0 fully saturated rings. The molecule has 2 rings (SSSR count). The molecule has 4 nitrogen and oxygen atoms in total. The Balaban J connectivity index is 2.57. The molecule has 0 N–H and O–H groups in total. The van der Waals surface area contributed by atoms with Crippen LogP contribution in [-0.4, -0.2) is 10.7 Å². The monoisotopic (exact) mass is 289 g/mol. The van der Waals surface area contributed by atoms with Crippen LogP contribution in [0.1, 0.15) is 27.0 Å². The standard InChI is InChI=1S/C15H12ClNO3/c1-9-6-7-10(2)12(8-9)15(18)11-4-3-5-13(14(11)16)17(19)20/h3-8H,1-2H3. The van der Waals surface area contributed by atoms with E-state index in [0.29, 0.717) is 5.56 Å². The Labute approximate surface area is 121 Å². The summed E-state index contributed by atoms with van der Waals surface area (Å²) in [6.45, 7) is 3.70. The molecule has 0 bridgehead atoms. The van der Waals surface area contributed by atoms with E-state index in [0.717, 1.165) is 11.1 Å². The molecule has 0 spiro atoms. The van der Waals surface area contributed by atoms with Gasteiger partial charge in [-0.3, -0.25) is 14.9 Å². The molecule has 0 saturated heterocycles. The Hall–Kier alpha value is -2.20. The van der Waals surface area contributed by atoms with Gasteiger partial charge in [0, 0.05) is 17.2 Å². The van der Waals surface area contributed by atoms with Gasteiger partial charge in [0.25, 0.3) is 5.69 Å². The fraction of sp³-hybridized carbons (Fsp3) is 0.133. The number of rotatable bonds is 3. The summed E-state index contributed by atoms with van der Waals surface area (Å²) in [4.78, 5) is 22.8. The van der Waals surface area contributed by atoms with Crippen LogP contribution in [0, 0.1) is 24.0 Å². The number of carbonyl (C=O) groups excluding carboxylic acids is 1. The first kappa shape index (κ1) is 14.2. The molecule has 0 saturated carbocycles. The lowest BCUT2D eigenvalue weighted by atomic mass is 9.97. The summed E-state index contributed by atoms with van der Waals surface area (Å²) in [6, 6.07) is 9.74. The summed E-state index contributed by atoms with van der Waals surface area (Å²) in [5.74, 6) is -0.306. The third kappa shape index (κ3) is 2.56. The van der Waals surface area contributed by atoms with Crippen molar-refractivity contribution in [2.45, 2.75) is 13.8 Å². The molecular weight excluding hydrogens is 278 g/mol. The molecule has 0 aliphatic carbocycles. The molecule has 102 valence electrons. The van der Waals surface area contributed by atoms with Crippen molar-refractivity contribution in [3.05, 3.63) is 73.8 Å². The van der Waals surface area contributed by atoms with Crippen LogP contribution < -0.4 is 0 Å². The minimum absolute atomic E-state index is 0.122. The molecule has 5 heteroatoms. The highest BCUT2D eigenvalue weighted by atomic mass is 35.5. The Morgan fingerprint density at radius 2 is 1.85 bits per heavy atom. The summed E-state index contributed by atoms with van der Waals surface area (Å²) in [5.41, 5.74) is 2.15. The molecule has 0 aliphatic rings. The Bertz CT molecular complexity index is 710. The Morgan fingerprint density at radius 1 is 1.15 bits per heavy atom. The summed E-state index contributed by atoms with van der Waals surface area (Å²) in [5, 5.41) is 10.7. The maximum Gasteiger partial charge on any atom is 0.288 e. The van der Waals surface area contributed by atoms with Gasteiger partial charge in [-0.05, 0) is 31.5 Å². The molecule has 0 aliphatic heterocycles. The lowest BCUT2D eigenvalue weighted by Crippen LogP contribution is -2.06. The first-order chi connectivity index (χ1) is 9.41. The van der Waals surface area contributed by atoms with Crippen molar-refractivity contribution in [3.8, 4) is 0 Å². The minimum Gasteiger partial charge on any atom is -0.289 e. The molecule has 2 aromatic rings. The Kier molecular flexibility index (Phi) is 3.86. The van der Waals surface area contributed by atoms with Crippen LogP contribution in [0.2, 0.25) is 5.02 Å². The fourth-order valence-corrected chi connectivity index (χ4v) is 2.24. The number of nitro benzene ring substituents is 1.